The second-order valence-electron chi connectivity index (χ2n) is 1.92. The van der Waals surface area contributed by atoms with Gasteiger partial charge in [0.2, 0.25) is 0 Å². The molecule has 2 rings (SSSR count). The van der Waals surface area contributed by atoms with E-state index < -0.39 is 0 Å². The van der Waals surface area contributed by atoms with Crippen molar-refractivity contribution >= 4 is 27.9 Å². The van der Waals surface area contributed by atoms with Crippen LogP contribution in [0.5, 0.6) is 0 Å². The minimum Gasteiger partial charge on any atom is -0.280 e. The van der Waals surface area contributed by atoms with Crippen LogP contribution < -0.4 is 0 Å². The van der Waals surface area contributed by atoms with E-state index >= 15 is 0 Å². The van der Waals surface area contributed by atoms with Gasteiger partial charge in [0.05, 0.1) is 0 Å². The van der Waals surface area contributed by atoms with Crippen LogP contribution in [0.2, 0.25) is 5.15 Å². The molecule has 0 saturated heterocycles. The third kappa shape index (κ3) is 0.821. The fraction of sp³-hybridized carbons (Fsp3) is 0. The summed E-state index contributed by atoms with van der Waals surface area (Å²) in [4.78, 5) is 4.72. The zero-order chi connectivity index (χ0) is 7.84. The van der Waals surface area contributed by atoms with E-state index in [0.29, 0.717) is 5.69 Å². The van der Waals surface area contributed by atoms with Gasteiger partial charge < -0.3 is 0 Å². The van der Waals surface area contributed by atoms with E-state index in [1.54, 1.807) is 10.6 Å². The molecule has 0 N–H and O–H groups in total. The predicted octanol–water partition coefficient (Wildman–Crippen LogP) is 1.92. The Balaban J connectivity index is 2.94. The Morgan fingerprint density at radius 2 is 2.55 bits per heavy atom. The van der Waals surface area contributed by atoms with Crippen LogP contribution >= 0.6 is 22.9 Å². The molecule has 0 aliphatic carbocycles. The monoisotopic (exact) mass is 183 g/mol. The van der Waals surface area contributed by atoms with Crippen molar-refractivity contribution in [2.75, 3.05) is 0 Å². The molecule has 0 bridgehead atoms. The highest BCUT2D eigenvalue weighted by atomic mass is 35.5. The molecule has 2 aromatic heterocycles. The highest BCUT2D eigenvalue weighted by molar-refractivity contribution is 7.15. The number of nitriles is 1. The topological polar surface area (TPSA) is 41.1 Å². The van der Waals surface area contributed by atoms with Gasteiger partial charge >= 0.3 is 0 Å². The fourth-order valence-corrected chi connectivity index (χ4v) is 1.84. The Morgan fingerprint density at radius 3 is 3.27 bits per heavy atom. The minimum absolute atomic E-state index is 0.277. The third-order valence-corrected chi connectivity index (χ3v) is 2.35. The lowest BCUT2D eigenvalue weighted by Crippen LogP contribution is -1.80. The van der Waals surface area contributed by atoms with Crippen molar-refractivity contribution in [1.29, 1.82) is 5.26 Å². The number of aromatic nitrogens is 2. The summed E-state index contributed by atoms with van der Waals surface area (Å²) in [5, 5.41) is 10.8. The van der Waals surface area contributed by atoms with Gasteiger partial charge in [0.15, 0.2) is 15.8 Å². The van der Waals surface area contributed by atoms with Crippen LogP contribution in [0, 0.1) is 11.3 Å². The van der Waals surface area contributed by atoms with Crippen molar-refractivity contribution in [3.8, 4) is 6.07 Å². The molecular formula is C6H2ClN3S. The summed E-state index contributed by atoms with van der Waals surface area (Å²) in [5.41, 5.74) is 0.405. The van der Waals surface area contributed by atoms with Crippen LogP contribution in [-0.4, -0.2) is 9.38 Å². The number of hydrogen-bond donors (Lipinski definition) is 0. The maximum Gasteiger partial charge on any atom is 0.196 e. The maximum absolute atomic E-state index is 8.63. The van der Waals surface area contributed by atoms with E-state index in [9.17, 15) is 0 Å². The standard InChI is InChI=1S/C6H2ClN3S/c7-5-4(3-8)10-1-2-11-6(10)9-5/h1-2H. The van der Waals surface area contributed by atoms with Crippen molar-refractivity contribution in [2.45, 2.75) is 0 Å². The average Bonchev–Trinajstić information content (AvgIpc) is 2.46. The van der Waals surface area contributed by atoms with E-state index in [4.69, 9.17) is 16.9 Å². The van der Waals surface area contributed by atoms with Crippen molar-refractivity contribution in [1.82, 2.24) is 9.38 Å². The van der Waals surface area contributed by atoms with Gasteiger partial charge in [-0.25, -0.2) is 4.98 Å². The first-order chi connectivity index (χ1) is 5.33. The zero-order valence-electron chi connectivity index (χ0n) is 5.28. The van der Waals surface area contributed by atoms with Crippen molar-refractivity contribution in [3.63, 3.8) is 0 Å². The Kier molecular flexibility index (Phi) is 1.34. The lowest BCUT2D eigenvalue weighted by atomic mass is 10.5. The van der Waals surface area contributed by atoms with E-state index in [2.05, 4.69) is 4.98 Å². The molecule has 0 radical (unpaired) electrons. The van der Waals surface area contributed by atoms with Gasteiger partial charge in [-0.3, -0.25) is 4.40 Å². The highest BCUT2D eigenvalue weighted by Crippen LogP contribution is 2.19. The molecule has 5 heteroatoms. The van der Waals surface area contributed by atoms with Gasteiger partial charge in [0, 0.05) is 11.6 Å². The summed E-state index contributed by atoms with van der Waals surface area (Å²) in [7, 11) is 0. The molecule has 0 aliphatic heterocycles. The number of imidazole rings is 1. The third-order valence-electron chi connectivity index (χ3n) is 1.33. The van der Waals surface area contributed by atoms with Crippen molar-refractivity contribution in [2.24, 2.45) is 0 Å². The first-order valence-electron chi connectivity index (χ1n) is 2.84. The Morgan fingerprint density at radius 1 is 1.73 bits per heavy atom. The number of nitrogens with zero attached hydrogens (tertiary/aromatic N) is 3. The molecule has 0 fully saturated rings. The summed E-state index contributed by atoms with van der Waals surface area (Å²) < 4.78 is 1.67. The van der Waals surface area contributed by atoms with Crippen LogP contribution in [0.3, 0.4) is 0 Å². The highest BCUT2D eigenvalue weighted by Gasteiger charge is 2.08. The largest absolute Gasteiger partial charge is 0.280 e. The molecule has 0 unspecified atom stereocenters. The van der Waals surface area contributed by atoms with Gasteiger partial charge in [-0.1, -0.05) is 11.6 Å². The first-order valence-corrected chi connectivity index (χ1v) is 4.10. The van der Waals surface area contributed by atoms with Crippen LogP contribution in [-0.2, 0) is 0 Å². The van der Waals surface area contributed by atoms with Crippen molar-refractivity contribution in [3.05, 3.63) is 22.4 Å². The molecule has 0 saturated carbocycles. The molecule has 2 aromatic rings. The molecular weight excluding hydrogens is 182 g/mol. The Labute approximate surface area is 71.5 Å². The average molecular weight is 184 g/mol. The van der Waals surface area contributed by atoms with Crippen LogP contribution in [0.25, 0.3) is 4.96 Å². The Hall–Kier alpha value is -1.05. The molecule has 0 aromatic carbocycles. The van der Waals surface area contributed by atoms with Crippen LogP contribution in [0.1, 0.15) is 5.69 Å². The van der Waals surface area contributed by atoms with Crippen LogP contribution in [0.4, 0.5) is 0 Å². The summed E-state index contributed by atoms with van der Waals surface area (Å²) in [5.74, 6) is 0. The number of hydrogen-bond acceptors (Lipinski definition) is 3. The predicted molar refractivity (Wildman–Crippen MR) is 42.8 cm³/mol. The van der Waals surface area contributed by atoms with Crippen molar-refractivity contribution < 1.29 is 0 Å². The normalized spacial score (nSPS) is 10.2. The smallest absolute Gasteiger partial charge is 0.196 e. The molecule has 0 aliphatic rings. The summed E-state index contributed by atoms with van der Waals surface area (Å²) in [6, 6.07) is 1.98. The fourth-order valence-electron chi connectivity index (χ4n) is 0.859. The number of thiazole rings is 1. The van der Waals surface area contributed by atoms with Gasteiger partial charge in [0.1, 0.15) is 6.07 Å². The molecule has 3 nitrogen and oxygen atoms in total. The summed E-state index contributed by atoms with van der Waals surface area (Å²) >= 11 is 7.12. The van der Waals surface area contributed by atoms with Gasteiger partial charge in [-0.15, -0.1) is 11.3 Å². The zero-order valence-corrected chi connectivity index (χ0v) is 6.85. The second kappa shape index (κ2) is 2.22. The summed E-state index contributed by atoms with van der Waals surface area (Å²) in [6.45, 7) is 0. The number of rotatable bonds is 0. The second-order valence-corrected chi connectivity index (χ2v) is 3.15. The van der Waals surface area contributed by atoms with E-state index in [1.165, 1.54) is 11.3 Å². The van der Waals surface area contributed by atoms with E-state index in [1.807, 2.05) is 11.4 Å². The van der Waals surface area contributed by atoms with Gasteiger partial charge in [-0.2, -0.15) is 5.26 Å². The molecule has 0 amide bonds. The first kappa shape index (κ1) is 6.65. The minimum atomic E-state index is 0.277. The molecule has 0 spiro atoms. The molecule has 54 valence electrons. The lowest BCUT2D eigenvalue weighted by molar-refractivity contribution is 1.19. The van der Waals surface area contributed by atoms with Gasteiger partial charge in [-0.05, 0) is 0 Å². The molecule has 0 atom stereocenters. The number of fused-ring (bicyclic) bond motifs is 1. The van der Waals surface area contributed by atoms with Crippen LogP contribution in [0.15, 0.2) is 11.6 Å². The quantitative estimate of drug-likeness (QED) is 0.626. The van der Waals surface area contributed by atoms with E-state index in [-0.39, 0.29) is 5.15 Å². The molecule has 2 heterocycles. The summed E-state index contributed by atoms with van der Waals surface area (Å²) in [6.07, 6.45) is 1.78. The maximum atomic E-state index is 8.63. The molecule has 11 heavy (non-hydrogen) atoms. The van der Waals surface area contributed by atoms with E-state index in [0.717, 1.165) is 4.96 Å². The lowest BCUT2D eigenvalue weighted by Gasteiger charge is -1.81. The van der Waals surface area contributed by atoms with Gasteiger partial charge in [0.25, 0.3) is 0 Å². The Bertz CT molecular complexity index is 436. The number of halogens is 1. The SMILES string of the molecule is N#Cc1c(Cl)nc2sccn12.